The summed E-state index contributed by atoms with van der Waals surface area (Å²) in [6.07, 6.45) is 2.27. The fourth-order valence-corrected chi connectivity index (χ4v) is 2.90. The fraction of sp³-hybridized carbons (Fsp3) is 0.625. The lowest BCUT2D eigenvalue weighted by atomic mass is 10.2. The van der Waals surface area contributed by atoms with E-state index in [9.17, 15) is 5.11 Å². The molecule has 2 fully saturated rings. The molecular weight excluding hydrogens is 266 g/mol. The summed E-state index contributed by atoms with van der Waals surface area (Å²) in [5.41, 5.74) is 6.43. The van der Waals surface area contributed by atoms with Gasteiger partial charge in [-0.2, -0.15) is 0 Å². The van der Waals surface area contributed by atoms with Crippen LogP contribution in [0.2, 0.25) is 0 Å². The van der Waals surface area contributed by atoms with Crippen molar-refractivity contribution in [2.45, 2.75) is 25.0 Å². The highest BCUT2D eigenvalue weighted by Gasteiger charge is 2.31. The number of benzene rings is 1. The monoisotopic (exact) mass is 291 g/mol. The van der Waals surface area contributed by atoms with E-state index >= 15 is 0 Å². The first-order valence-corrected chi connectivity index (χ1v) is 7.84. The Kier molecular flexibility index (Phi) is 4.63. The summed E-state index contributed by atoms with van der Waals surface area (Å²) < 4.78 is 5.60. The molecule has 1 atom stereocenters. The van der Waals surface area contributed by atoms with Gasteiger partial charge in [-0.15, -0.1) is 0 Å². The maximum absolute atomic E-state index is 10.1. The van der Waals surface area contributed by atoms with Gasteiger partial charge in [0.05, 0.1) is 5.69 Å². The Hall–Kier alpha value is -1.30. The molecule has 0 aromatic heterocycles. The highest BCUT2D eigenvalue weighted by atomic mass is 16.5. The normalized spacial score (nSPS) is 22.1. The molecule has 1 saturated heterocycles. The highest BCUT2D eigenvalue weighted by molar-refractivity contribution is 5.51. The standard InChI is InChI=1S/C16H25N3O2/c17-15-3-1-2-4-16(15)21-12-14(20)11-18-7-9-19(10-8-18)13-5-6-13/h1-4,13-14,20H,5-12,17H2. The number of nitrogen functional groups attached to an aromatic ring is 1. The molecule has 0 spiro atoms. The summed E-state index contributed by atoms with van der Waals surface area (Å²) in [7, 11) is 0. The smallest absolute Gasteiger partial charge is 0.142 e. The SMILES string of the molecule is Nc1ccccc1OCC(O)CN1CCN(C2CC2)CC1. The molecule has 3 N–H and O–H groups in total. The van der Waals surface area contributed by atoms with Crippen molar-refractivity contribution in [2.75, 3.05) is 45.1 Å². The number of hydrogen-bond acceptors (Lipinski definition) is 5. The molecular formula is C16H25N3O2. The van der Waals surface area contributed by atoms with E-state index in [1.165, 1.54) is 12.8 Å². The van der Waals surface area contributed by atoms with E-state index in [1.807, 2.05) is 18.2 Å². The lowest BCUT2D eigenvalue weighted by Crippen LogP contribution is -2.49. The molecule has 1 heterocycles. The predicted octanol–water partition coefficient (Wildman–Crippen LogP) is 0.788. The first kappa shape index (κ1) is 14.6. The number of anilines is 1. The van der Waals surface area contributed by atoms with E-state index in [2.05, 4.69) is 9.80 Å². The van der Waals surface area contributed by atoms with Crippen LogP contribution in [0.4, 0.5) is 5.69 Å². The second kappa shape index (κ2) is 6.64. The quantitative estimate of drug-likeness (QED) is 0.759. The van der Waals surface area contributed by atoms with Crippen LogP contribution in [0.15, 0.2) is 24.3 Å². The Bertz CT molecular complexity index is 457. The average Bonchev–Trinajstić information content (AvgIpc) is 3.32. The minimum absolute atomic E-state index is 0.289. The third-order valence-electron chi connectivity index (χ3n) is 4.29. The minimum atomic E-state index is -0.475. The zero-order chi connectivity index (χ0) is 14.7. The van der Waals surface area contributed by atoms with Crippen LogP contribution in [-0.4, -0.2) is 66.4 Å². The molecule has 3 rings (SSSR count). The number of hydrogen-bond donors (Lipinski definition) is 2. The second-order valence-electron chi connectivity index (χ2n) is 6.07. The van der Waals surface area contributed by atoms with Crippen LogP contribution in [0.5, 0.6) is 5.75 Å². The molecule has 5 nitrogen and oxygen atoms in total. The molecule has 5 heteroatoms. The van der Waals surface area contributed by atoms with Gasteiger partial charge in [-0.3, -0.25) is 9.80 Å². The van der Waals surface area contributed by atoms with Crippen LogP contribution in [0.1, 0.15) is 12.8 Å². The van der Waals surface area contributed by atoms with Gasteiger partial charge >= 0.3 is 0 Å². The molecule has 1 aliphatic heterocycles. The summed E-state index contributed by atoms with van der Waals surface area (Å²) in [6.45, 7) is 5.30. The topological polar surface area (TPSA) is 62.0 Å². The molecule has 1 unspecified atom stereocenters. The third-order valence-corrected chi connectivity index (χ3v) is 4.29. The van der Waals surface area contributed by atoms with E-state index in [4.69, 9.17) is 10.5 Å². The molecule has 1 aromatic rings. The van der Waals surface area contributed by atoms with Crippen molar-refractivity contribution in [3.05, 3.63) is 24.3 Å². The third kappa shape index (κ3) is 4.09. The number of ether oxygens (including phenoxy) is 1. The number of piperazine rings is 1. The molecule has 1 aliphatic carbocycles. The number of para-hydroxylation sites is 2. The second-order valence-corrected chi connectivity index (χ2v) is 6.07. The van der Waals surface area contributed by atoms with Crippen LogP contribution >= 0.6 is 0 Å². The van der Waals surface area contributed by atoms with E-state index < -0.39 is 6.10 Å². The molecule has 2 aliphatic rings. The largest absolute Gasteiger partial charge is 0.489 e. The molecule has 0 radical (unpaired) electrons. The Labute approximate surface area is 126 Å². The van der Waals surface area contributed by atoms with Gasteiger partial charge in [-0.05, 0) is 25.0 Å². The van der Waals surface area contributed by atoms with Crippen LogP contribution in [0, 0.1) is 0 Å². The van der Waals surface area contributed by atoms with E-state index in [1.54, 1.807) is 6.07 Å². The van der Waals surface area contributed by atoms with E-state index in [-0.39, 0.29) is 6.61 Å². The van der Waals surface area contributed by atoms with Crippen molar-refractivity contribution >= 4 is 5.69 Å². The Morgan fingerprint density at radius 3 is 2.57 bits per heavy atom. The maximum atomic E-state index is 10.1. The maximum Gasteiger partial charge on any atom is 0.142 e. The van der Waals surface area contributed by atoms with E-state index in [0.717, 1.165) is 32.2 Å². The number of rotatable bonds is 6. The highest BCUT2D eigenvalue weighted by Crippen LogP contribution is 2.27. The van der Waals surface area contributed by atoms with Crippen LogP contribution < -0.4 is 10.5 Å². The van der Waals surface area contributed by atoms with Gasteiger partial charge in [0.25, 0.3) is 0 Å². The van der Waals surface area contributed by atoms with Gasteiger partial charge in [0.15, 0.2) is 0 Å². The summed E-state index contributed by atoms with van der Waals surface area (Å²) in [6, 6.07) is 8.24. The first-order valence-electron chi connectivity index (χ1n) is 7.84. The first-order chi connectivity index (χ1) is 10.2. The number of β-amino-alcohol motifs (C(OH)–C–C–N with tert-alkyl or cyclic N) is 1. The number of aliphatic hydroxyl groups is 1. The number of nitrogens with two attached hydrogens (primary N) is 1. The summed E-state index contributed by atoms with van der Waals surface area (Å²) in [5.74, 6) is 0.648. The van der Waals surface area contributed by atoms with Crippen molar-refractivity contribution in [3.8, 4) is 5.75 Å². The molecule has 1 saturated carbocycles. The van der Waals surface area contributed by atoms with E-state index in [0.29, 0.717) is 18.0 Å². The Morgan fingerprint density at radius 1 is 1.19 bits per heavy atom. The van der Waals surface area contributed by atoms with Gasteiger partial charge < -0.3 is 15.6 Å². The Morgan fingerprint density at radius 2 is 1.90 bits per heavy atom. The molecule has 116 valence electrons. The van der Waals surface area contributed by atoms with Crippen LogP contribution in [0.25, 0.3) is 0 Å². The zero-order valence-electron chi connectivity index (χ0n) is 12.4. The van der Waals surface area contributed by atoms with Crippen molar-refractivity contribution < 1.29 is 9.84 Å². The van der Waals surface area contributed by atoms with Crippen molar-refractivity contribution in [2.24, 2.45) is 0 Å². The molecule has 1 aromatic carbocycles. The average molecular weight is 291 g/mol. The van der Waals surface area contributed by atoms with Gasteiger partial charge in [-0.1, -0.05) is 12.1 Å². The fourth-order valence-electron chi connectivity index (χ4n) is 2.90. The van der Waals surface area contributed by atoms with Crippen molar-refractivity contribution in [3.63, 3.8) is 0 Å². The molecule has 21 heavy (non-hydrogen) atoms. The zero-order valence-corrected chi connectivity index (χ0v) is 12.4. The van der Waals surface area contributed by atoms with Gasteiger partial charge in [0, 0.05) is 38.8 Å². The molecule has 0 amide bonds. The van der Waals surface area contributed by atoms with Gasteiger partial charge in [0.2, 0.25) is 0 Å². The van der Waals surface area contributed by atoms with Crippen LogP contribution in [-0.2, 0) is 0 Å². The lowest BCUT2D eigenvalue weighted by Gasteiger charge is -2.35. The van der Waals surface area contributed by atoms with Gasteiger partial charge in [-0.25, -0.2) is 0 Å². The molecule has 0 bridgehead atoms. The van der Waals surface area contributed by atoms with Crippen molar-refractivity contribution in [1.82, 2.24) is 9.80 Å². The van der Waals surface area contributed by atoms with Crippen molar-refractivity contribution in [1.29, 1.82) is 0 Å². The summed E-state index contributed by atoms with van der Waals surface area (Å²) in [4.78, 5) is 4.89. The van der Waals surface area contributed by atoms with Gasteiger partial charge in [0.1, 0.15) is 18.5 Å². The number of nitrogens with zero attached hydrogens (tertiary/aromatic N) is 2. The predicted molar refractivity (Wildman–Crippen MR) is 83.4 cm³/mol. The van der Waals surface area contributed by atoms with Crippen LogP contribution in [0.3, 0.4) is 0 Å². The summed E-state index contributed by atoms with van der Waals surface area (Å²) in [5, 5.41) is 10.1. The lowest BCUT2D eigenvalue weighted by molar-refractivity contribution is 0.0447. The minimum Gasteiger partial charge on any atom is -0.489 e. The Balaban J connectivity index is 1.38. The number of aliphatic hydroxyl groups excluding tert-OH is 1. The summed E-state index contributed by atoms with van der Waals surface area (Å²) >= 11 is 0.